The van der Waals surface area contributed by atoms with E-state index in [4.69, 9.17) is 0 Å². The van der Waals surface area contributed by atoms with Crippen molar-refractivity contribution in [3.63, 3.8) is 0 Å². The number of imide groups is 2. The molecule has 0 spiro atoms. The molecule has 136 valence electrons. The van der Waals surface area contributed by atoms with Gasteiger partial charge in [0.25, 0.3) is 11.8 Å². The highest BCUT2D eigenvalue weighted by molar-refractivity contribution is 6.38. The Labute approximate surface area is 158 Å². The summed E-state index contributed by atoms with van der Waals surface area (Å²) in [7, 11) is 0. The third-order valence-electron chi connectivity index (χ3n) is 4.31. The molecule has 27 heavy (non-hydrogen) atoms. The van der Waals surface area contributed by atoms with E-state index < -0.39 is 17.8 Å². The normalized spacial score (nSPS) is 16.3. The summed E-state index contributed by atoms with van der Waals surface area (Å²) >= 11 is 0. The number of nitrogens with zero attached hydrogens (tertiary/aromatic N) is 1. The summed E-state index contributed by atoms with van der Waals surface area (Å²) in [4.78, 5) is 38.5. The zero-order valence-electron chi connectivity index (χ0n) is 15.4. The Balaban J connectivity index is 1.97. The van der Waals surface area contributed by atoms with Crippen LogP contribution < -0.4 is 10.2 Å². The van der Waals surface area contributed by atoms with Crippen molar-refractivity contribution in [3.8, 4) is 0 Å². The van der Waals surface area contributed by atoms with Crippen LogP contribution in [0.1, 0.15) is 22.3 Å². The number of carbonyl (C=O) groups excluding carboxylic acids is 3. The SMILES string of the molecule is Cc1cc(C)c(N2C(=O)NC(=O)/C(=C/C=C/c3ccccc3)C2=O)c(C)c1. The Morgan fingerprint density at radius 3 is 2.19 bits per heavy atom. The van der Waals surface area contributed by atoms with E-state index in [1.54, 1.807) is 12.2 Å². The van der Waals surface area contributed by atoms with Gasteiger partial charge in [-0.05, 0) is 43.5 Å². The average Bonchev–Trinajstić information content (AvgIpc) is 2.60. The van der Waals surface area contributed by atoms with Gasteiger partial charge in [0.1, 0.15) is 5.57 Å². The van der Waals surface area contributed by atoms with E-state index in [0.29, 0.717) is 5.69 Å². The van der Waals surface area contributed by atoms with E-state index in [-0.39, 0.29) is 5.57 Å². The number of hydrogen-bond acceptors (Lipinski definition) is 3. The van der Waals surface area contributed by atoms with Crippen LogP contribution in [0, 0.1) is 20.8 Å². The van der Waals surface area contributed by atoms with Crippen molar-refractivity contribution in [1.29, 1.82) is 0 Å². The summed E-state index contributed by atoms with van der Waals surface area (Å²) in [6, 6.07) is 12.6. The molecule has 0 aliphatic carbocycles. The van der Waals surface area contributed by atoms with Gasteiger partial charge < -0.3 is 0 Å². The molecule has 1 aliphatic rings. The standard InChI is InChI=1S/C22H20N2O3/c1-14-12-15(2)19(16(3)13-14)24-21(26)18(20(25)23-22(24)27)11-7-10-17-8-5-4-6-9-17/h4-13H,1-3H3,(H,23,25,27)/b10-7+,18-11-. The third kappa shape index (κ3) is 3.72. The number of hydrogen-bond donors (Lipinski definition) is 1. The first-order valence-corrected chi connectivity index (χ1v) is 8.59. The second kappa shape index (κ2) is 7.41. The molecule has 5 heteroatoms. The lowest BCUT2D eigenvalue weighted by Gasteiger charge is -2.29. The molecular weight excluding hydrogens is 340 g/mol. The number of benzene rings is 2. The van der Waals surface area contributed by atoms with Gasteiger partial charge in [-0.25, -0.2) is 9.69 Å². The molecule has 2 aromatic carbocycles. The summed E-state index contributed by atoms with van der Waals surface area (Å²) in [5, 5.41) is 2.25. The van der Waals surface area contributed by atoms with Gasteiger partial charge in [-0.3, -0.25) is 14.9 Å². The van der Waals surface area contributed by atoms with Crippen LogP contribution in [0.15, 0.2) is 60.2 Å². The molecule has 4 amide bonds. The minimum Gasteiger partial charge on any atom is -0.273 e. The van der Waals surface area contributed by atoms with Crippen LogP contribution in [-0.4, -0.2) is 17.8 Å². The summed E-state index contributed by atoms with van der Waals surface area (Å²) in [6.07, 6.45) is 4.85. The molecule has 2 aromatic rings. The zero-order chi connectivity index (χ0) is 19.6. The van der Waals surface area contributed by atoms with Crippen LogP contribution in [0.4, 0.5) is 10.5 Å². The number of amides is 4. The van der Waals surface area contributed by atoms with E-state index in [9.17, 15) is 14.4 Å². The zero-order valence-corrected chi connectivity index (χ0v) is 15.4. The largest absolute Gasteiger partial charge is 0.335 e. The molecule has 3 rings (SSSR count). The van der Waals surface area contributed by atoms with Crippen molar-refractivity contribution < 1.29 is 14.4 Å². The van der Waals surface area contributed by atoms with Gasteiger partial charge in [0, 0.05) is 0 Å². The van der Waals surface area contributed by atoms with Crippen LogP contribution in [0.2, 0.25) is 0 Å². The Morgan fingerprint density at radius 2 is 1.56 bits per heavy atom. The van der Waals surface area contributed by atoms with Crippen LogP contribution in [0.5, 0.6) is 0 Å². The molecule has 0 aromatic heterocycles. The van der Waals surface area contributed by atoms with E-state index in [1.807, 2.05) is 63.2 Å². The molecule has 0 unspecified atom stereocenters. The maximum Gasteiger partial charge on any atom is 0.335 e. The highest BCUT2D eigenvalue weighted by atomic mass is 16.2. The Morgan fingerprint density at radius 1 is 0.926 bits per heavy atom. The number of anilines is 1. The fourth-order valence-electron chi connectivity index (χ4n) is 3.22. The van der Waals surface area contributed by atoms with E-state index in [0.717, 1.165) is 27.2 Å². The number of nitrogens with one attached hydrogen (secondary N) is 1. The van der Waals surface area contributed by atoms with Gasteiger partial charge in [-0.2, -0.15) is 0 Å². The summed E-state index contributed by atoms with van der Waals surface area (Å²) < 4.78 is 0. The third-order valence-corrected chi connectivity index (χ3v) is 4.31. The average molecular weight is 360 g/mol. The van der Waals surface area contributed by atoms with E-state index in [1.165, 1.54) is 6.08 Å². The first-order valence-electron chi connectivity index (χ1n) is 8.59. The maximum atomic E-state index is 12.9. The lowest BCUT2D eigenvalue weighted by molar-refractivity contribution is -0.122. The van der Waals surface area contributed by atoms with Gasteiger partial charge in [0.05, 0.1) is 5.69 Å². The van der Waals surface area contributed by atoms with Crippen molar-refractivity contribution in [1.82, 2.24) is 5.32 Å². The van der Waals surface area contributed by atoms with Gasteiger partial charge in [-0.1, -0.05) is 60.2 Å². The molecule has 1 N–H and O–H groups in total. The van der Waals surface area contributed by atoms with Gasteiger partial charge in [-0.15, -0.1) is 0 Å². The number of allylic oxidation sites excluding steroid dienone is 2. The van der Waals surface area contributed by atoms with Crippen molar-refractivity contribution in [2.45, 2.75) is 20.8 Å². The number of aryl methyl sites for hydroxylation is 3. The van der Waals surface area contributed by atoms with Crippen LogP contribution >= 0.6 is 0 Å². The molecule has 1 heterocycles. The quantitative estimate of drug-likeness (QED) is 0.668. The second-order valence-corrected chi connectivity index (χ2v) is 6.50. The Kier molecular flexibility index (Phi) is 5.03. The lowest BCUT2D eigenvalue weighted by atomic mass is 10.0. The Hall–Kier alpha value is -3.47. The van der Waals surface area contributed by atoms with Crippen LogP contribution in [-0.2, 0) is 9.59 Å². The molecule has 0 atom stereocenters. The molecule has 1 saturated heterocycles. The van der Waals surface area contributed by atoms with E-state index in [2.05, 4.69) is 5.32 Å². The van der Waals surface area contributed by atoms with Crippen molar-refractivity contribution in [3.05, 3.63) is 82.4 Å². The summed E-state index contributed by atoms with van der Waals surface area (Å²) in [5.74, 6) is -1.32. The van der Waals surface area contributed by atoms with Crippen LogP contribution in [0.25, 0.3) is 6.08 Å². The topological polar surface area (TPSA) is 66.5 Å². The maximum absolute atomic E-state index is 12.9. The predicted molar refractivity (Wildman–Crippen MR) is 105 cm³/mol. The minimum absolute atomic E-state index is 0.0823. The molecule has 1 fully saturated rings. The van der Waals surface area contributed by atoms with Crippen molar-refractivity contribution in [2.24, 2.45) is 0 Å². The Bertz CT molecular complexity index is 965. The second-order valence-electron chi connectivity index (χ2n) is 6.50. The smallest absolute Gasteiger partial charge is 0.273 e. The molecule has 5 nitrogen and oxygen atoms in total. The predicted octanol–water partition coefficient (Wildman–Crippen LogP) is 3.83. The lowest BCUT2D eigenvalue weighted by Crippen LogP contribution is -2.54. The molecular formula is C22H20N2O3. The highest BCUT2D eigenvalue weighted by Crippen LogP contribution is 2.29. The number of urea groups is 1. The van der Waals surface area contributed by atoms with Gasteiger partial charge >= 0.3 is 6.03 Å². The summed E-state index contributed by atoms with van der Waals surface area (Å²) in [5.41, 5.74) is 4.00. The number of rotatable bonds is 3. The monoisotopic (exact) mass is 360 g/mol. The van der Waals surface area contributed by atoms with Crippen molar-refractivity contribution in [2.75, 3.05) is 4.90 Å². The van der Waals surface area contributed by atoms with Crippen LogP contribution in [0.3, 0.4) is 0 Å². The minimum atomic E-state index is -0.732. The van der Waals surface area contributed by atoms with Crippen molar-refractivity contribution >= 4 is 29.6 Å². The van der Waals surface area contributed by atoms with Gasteiger partial charge in [0.2, 0.25) is 0 Å². The summed E-state index contributed by atoms with van der Waals surface area (Å²) in [6.45, 7) is 5.63. The number of barbiturate groups is 1. The molecule has 0 bridgehead atoms. The first-order chi connectivity index (χ1) is 12.9. The molecule has 1 aliphatic heterocycles. The first kappa shape index (κ1) is 18.3. The van der Waals surface area contributed by atoms with E-state index >= 15 is 0 Å². The van der Waals surface area contributed by atoms with Gasteiger partial charge in [0.15, 0.2) is 0 Å². The molecule has 0 saturated carbocycles. The fraction of sp³-hybridized carbons (Fsp3) is 0.136. The highest BCUT2D eigenvalue weighted by Gasteiger charge is 2.37. The molecule has 0 radical (unpaired) electrons. The number of carbonyl (C=O) groups is 3. The fourth-order valence-corrected chi connectivity index (χ4v) is 3.22.